The maximum atomic E-state index is 5.83. The van der Waals surface area contributed by atoms with E-state index < -0.39 is 0 Å². The molecular formula is C16H25NO2. The van der Waals surface area contributed by atoms with Gasteiger partial charge >= 0.3 is 0 Å². The molecule has 0 saturated heterocycles. The van der Waals surface area contributed by atoms with E-state index >= 15 is 0 Å². The number of hydrogen-bond acceptors (Lipinski definition) is 3. The fraction of sp³-hybridized carbons (Fsp3) is 0.625. The summed E-state index contributed by atoms with van der Waals surface area (Å²) in [5.74, 6) is 2.07. The zero-order valence-corrected chi connectivity index (χ0v) is 12.3. The summed E-state index contributed by atoms with van der Waals surface area (Å²) in [7, 11) is 0. The van der Waals surface area contributed by atoms with Gasteiger partial charge in [-0.05, 0) is 57.5 Å². The first-order valence-electron chi connectivity index (χ1n) is 7.40. The molecule has 3 nitrogen and oxygen atoms in total. The van der Waals surface area contributed by atoms with Crippen molar-refractivity contribution in [1.29, 1.82) is 0 Å². The van der Waals surface area contributed by atoms with E-state index in [0.29, 0.717) is 6.61 Å². The lowest BCUT2D eigenvalue weighted by Gasteiger charge is -2.13. The molecule has 1 unspecified atom stereocenters. The molecule has 0 fully saturated rings. The second-order valence-corrected chi connectivity index (χ2v) is 5.13. The molecule has 1 aromatic rings. The summed E-state index contributed by atoms with van der Waals surface area (Å²) in [5.41, 5.74) is 2.53. The van der Waals surface area contributed by atoms with Crippen LogP contribution in [0.3, 0.4) is 0 Å². The fourth-order valence-corrected chi connectivity index (χ4v) is 2.49. The van der Waals surface area contributed by atoms with Gasteiger partial charge in [0, 0.05) is 12.0 Å². The van der Waals surface area contributed by atoms with E-state index in [2.05, 4.69) is 31.3 Å². The normalized spacial score (nSPS) is 17.1. The summed E-state index contributed by atoms with van der Waals surface area (Å²) in [6, 6.07) is 4.33. The maximum absolute atomic E-state index is 5.83. The van der Waals surface area contributed by atoms with Gasteiger partial charge in [0.2, 0.25) is 0 Å². The molecule has 0 amide bonds. The first-order chi connectivity index (χ1) is 9.24. The molecule has 1 aromatic carbocycles. The van der Waals surface area contributed by atoms with Crippen LogP contribution in [0, 0.1) is 0 Å². The third-order valence-electron chi connectivity index (χ3n) is 3.38. The van der Waals surface area contributed by atoms with Crippen LogP contribution in [0.1, 0.15) is 38.3 Å². The summed E-state index contributed by atoms with van der Waals surface area (Å²) < 4.78 is 11.6. The summed E-state index contributed by atoms with van der Waals surface area (Å²) in [6.45, 7) is 9.10. The van der Waals surface area contributed by atoms with E-state index in [1.807, 2.05) is 6.92 Å². The van der Waals surface area contributed by atoms with Crippen molar-refractivity contribution in [2.45, 2.75) is 46.1 Å². The topological polar surface area (TPSA) is 30.5 Å². The Balaban J connectivity index is 2.09. The van der Waals surface area contributed by atoms with Crippen LogP contribution in [0.15, 0.2) is 12.1 Å². The number of ether oxygens (including phenoxy) is 2. The standard InChI is InChI=1S/C16H25NO2/c1-4-7-17-8-6-13-10-16-14(9-12(3)19-16)11-15(13)18-5-2/h10-12,17H,4-9H2,1-3H3. The summed E-state index contributed by atoms with van der Waals surface area (Å²) in [6.07, 6.45) is 3.44. The van der Waals surface area contributed by atoms with E-state index in [1.54, 1.807) is 0 Å². The van der Waals surface area contributed by atoms with E-state index in [1.165, 1.54) is 17.5 Å². The van der Waals surface area contributed by atoms with Crippen molar-refractivity contribution in [1.82, 2.24) is 5.32 Å². The minimum Gasteiger partial charge on any atom is -0.494 e. The van der Waals surface area contributed by atoms with Gasteiger partial charge in [-0.3, -0.25) is 0 Å². The van der Waals surface area contributed by atoms with Crippen LogP contribution in [0.2, 0.25) is 0 Å². The van der Waals surface area contributed by atoms with Gasteiger partial charge in [-0.15, -0.1) is 0 Å². The van der Waals surface area contributed by atoms with E-state index in [9.17, 15) is 0 Å². The highest BCUT2D eigenvalue weighted by atomic mass is 16.5. The van der Waals surface area contributed by atoms with Crippen molar-refractivity contribution in [3.63, 3.8) is 0 Å². The molecule has 1 heterocycles. The second-order valence-electron chi connectivity index (χ2n) is 5.13. The monoisotopic (exact) mass is 263 g/mol. The van der Waals surface area contributed by atoms with E-state index in [0.717, 1.165) is 37.4 Å². The molecule has 0 radical (unpaired) electrons. The van der Waals surface area contributed by atoms with Crippen LogP contribution in [0.5, 0.6) is 11.5 Å². The third-order valence-corrected chi connectivity index (χ3v) is 3.38. The molecule has 1 aliphatic rings. The molecule has 0 bridgehead atoms. The molecule has 3 heteroatoms. The zero-order chi connectivity index (χ0) is 13.7. The third kappa shape index (κ3) is 3.63. The Morgan fingerprint density at radius 2 is 2.16 bits per heavy atom. The van der Waals surface area contributed by atoms with Crippen LogP contribution in [0.25, 0.3) is 0 Å². The van der Waals surface area contributed by atoms with Crippen LogP contribution in [0.4, 0.5) is 0 Å². The fourth-order valence-electron chi connectivity index (χ4n) is 2.49. The summed E-state index contributed by atoms with van der Waals surface area (Å²) in [5, 5.41) is 3.43. The van der Waals surface area contributed by atoms with Gasteiger partial charge in [-0.1, -0.05) is 6.92 Å². The highest BCUT2D eigenvalue weighted by Gasteiger charge is 2.21. The number of hydrogen-bond donors (Lipinski definition) is 1. The minimum absolute atomic E-state index is 0.290. The van der Waals surface area contributed by atoms with E-state index in [-0.39, 0.29) is 6.10 Å². The van der Waals surface area contributed by atoms with Gasteiger partial charge in [-0.25, -0.2) is 0 Å². The van der Waals surface area contributed by atoms with Crippen molar-refractivity contribution >= 4 is 0 Å². The summed E-state index contributed by atoms with van der Waals surface area (Å²) in [4.78, 5) is 0. The van der Waals surface area contributed by atoms with E-state index in [4.69, 9.17) is 9.47 Å². The van der Waals surface area contributed by atoms with Crippen LogP contribution in [-0.4, -0.2) is 25.8 Å². The lowest BCUT2D eigenvalue weighted by atomic mass is 10.0. The first kappa shape index (κ1) is 14.2. The maximum Gasteiger partial charge on any atom is 0.123 e. The number of fused-ring (bicyclic) bond motifs is 1. The first-order valence-corrected chi connectivity index (χ1v) is 7.40. The highest BCUT2D eigenvalue weighted by Crippen LogP contribution is 2.35. The molecule has 0 aliphatic carbocycles. The smallest absolute Gasteiger partial charge is 0.123 e. The molecule has 2 rings (SSSR count). The molecular weight excluding hydrogens is 238 g/mol. The lowest BCUT2D eigenvalue weighted by Crippen LogP contribution is -2.18. The van der Waals surface area contributed by atoms with Gasteiger partial charge in [0.05, 0.1) is 6.61 Å². The summed E-state index contributed by atoms with van der Waals surface area (Å²) >= 11 is 0. The van der Waals surface area contributed by atoms with Crippen molar-refractivity contribution in [2.24, 2.45) is 0 Å². The largest absolute Gasteiger partial charge is 0.494 e. The van der Waals surface area contributed by atoms with Gasteiger partial charge in [0.25, 0.3) is 0 Å². The zero-order valence-electron chi connectivity index (χ0n) is 12.3. The lowest BCUT2D eigenvalue weighted by molar-refractivity contribution is 0.254. The Labute approximate surface area is 116 Å². The average Bonchev–Trinajstić information content (AvgIpc) is 2.74. The van der Waals surface area contributed by atoms with Crippen molar-refractivity contribution < 1.29 is 9.47 Å². The second kappa shape index (κ2) is 6.80. The van der Waals surface area contributed by atoms with Gasteiger partial charge in [-0.2, -0.15) is 0 Å². The Bertz CT molecular complexity index is 417. The van der Waals surface area contributed by atoms with Gasteiger partial charge in [0.15, 0.2) is 0 Å². The van der Waals surface area contributed by atoms with Crippen molar-refractivity contribution in [3.05, 3.63) is 23.3 Å². The Morgan fingerprint density at radius 1 is 1.32 bits per heavy atom. The SMILES string of the molecule is CCCNCCc1cc2c(cc1OCC)CC(C)O2. The molecule has 106 valence electrons. The predicted molar refractivity (Wildman–Crippen MR) is 78.3 cm³/mol. The number of rotatable bonds is 7. The molecule has 0 aromatic heterocycles. The minimum atomic E-state index is 0.290. The van der Waals surface area contributed by atoms with Gasteiger partial charge in [0.1, 0.15) is 17.6 Å². The van der Waals surface area contributed by atoms with Crippen molar-refractivity contribution in [2.75, 3.05) is 19.7 Å². The van der Waals surface area contributed by atoms with Gasteiger partial charge < -0.3 is 14.8 Å². The Morgan fingerprint density at radius 3 is 2.89 bits per heavy atom. The van der Waals surface area contributed by atoms with Crippen molar-refractivity contribution in [3.8, 4) is 11.5 Å². The molecule has 1 atom stereocenters. The Kier molecular flexibility index (Phi) is 5.08. The quantitative estimate of drug-likeness (QED) is 0.767. The van der Waals surface area contributed by atoms with Crippen LogP contribution >= 0.6 is 0 Å². The molecule has 1 aliphatic heterocycles. The van der Waals surface area contributed by atoms with Crippen LogP contribution < -0.4 is 14.8 Å². The predicted octanol–water partition coefficient (Wildman–Crippen LogP) is 2.95. The molecule has 0 spiro atoms. The number of nitrogens with one attached hydrogen (secondary N) is 1. The molecule has 0 saturated carbocycles. The van der Waals surface area contributed by atoms with Crippen LogP contribution in [-0.2, 0) is 12.8 Å². The average molecular weight is 263 g/mol. The molecule has 1 N–H and O–H groups in total. The number of benzene rings is 1. The highest BCUT2D eigenvalue weighted by molar-refractivity contribution is 5.48. The molecule has 19 heavy (non-hydrogen) atoms. The Hall–Kier alpha value is -1.22.